The third-order valence-corrected chi connectivity index (χ3v) is 16.4. The molecule has 0 radical (unpaired) electrons. The molecule has 36 heavy (non-hydrogen) atoms. The van der Waals surface area contributed by atoms with Gasteiger partial charge >= 0.3 is 0 Å². The molecule has 0 aliphatic carbocycles. The van der Waals surface area contributed by atoms with E-state index in [4.69, 9.17) is 9.90 Å². The number of benzene rings is 2. The predicted molar refractivity (Wildman–Crippen MR) is 161 cm³/mol. The average Bonchev–Trinajstić information content (AvgIpc) is 2.65. The van der Waals surface area contributed by atoms with Gasteiger partial charge in [0.1, 0.15) is 13.8 Å². The van der Waals surface area contributed by atoms with Crippen LogP contribution in [-0.4, -0.2) is 29.6 Å². The molecule has 0 bridgehead atoms. The summed E-state index contributed by atoms with van der Waals surface area (Å²) >= 11 is 2.02. The molecule has 2 N–H and O–H groups in total. The summed E-state index contributed by atoms with van der Waals surface area (Å²) in [6.07, 6.45) is 0. The summed E-state index contributed by atoms with van der Waals surface area (Å²) < 4.78 is 0. The van der Waals surface area contributed by atoms with Gasteiger partial charge in [-0.25, -0.2) is 0 Å². The van der Waals surface area contributed by atoms with E-state index in [0.29, 0.717) is 5.75 Å². The lowest BCUT2D eigenvalue weighted by Crippen LogP contribution is -2.63. The van der Waals surface area contributed by atoms with Gasteiger partial charge in [-0.2, -0.15) is 0 Å². The van der Waals surface area contributed by atoms with Crippen LogP contribution in [0.3, 0.4) is 0 Å². The molecule has 0 unspecified atom stereocenters. The van der Waals surface area contributed by atoms with Gasteiger partial charge in [0.05, 0.1) is 0 Å². The summed E-state index contributed by atoms with van der Waals surface area (Å²) in [5, 5.41) is 21.3. The van der Waals surface area contributed by atoms with Crippen LogP contribution in [0.25, 0.3) is 0 Å². The van der Waals surface area contributed by atoms with Crippen LogP contribution in [0, 0.1) is 0 Å². The zero-order valence-corrected chi connectivity index (χ0v) is 26.8. The fourth-order valence-corrected chi connectivity index (χ4v) is 16.4. The van der Waals surface area contributed by atoms with Crippen LogP contribution in [0.5, 0.6) is 5.75 Å². The largest absolute Gasteiger partial charge is 0.508 e. The molecular weight excluding hydrogens is 480 g/mol. The van der Waals surface area contributed by atoms with E-state index in [-0.39, 0.29) is 20.9 Å². The van der Waals surface area contributed by atoms with Gasteiger partial charge in [-0.15, -0.1) is 11.8 Å². The molecule has 0 amide bonds. The second-order valence-electron chi connectivity index (χ2n) is 13.9. The predicted octanol–water partition coefficient (Wildman–Crippen LogP) is 8.67. The summed E-state index contributed by atoms with van der Waals surface area (Å²) in [5.74, 6) is -0.412. The van der Waals surface area contributed by atoms with Crippen molar-refractivity contribution in [1.82, 2.24) is 0 Å². The number of phenolic OH excluding ortho intramolecular Hbond substituents is 1. The minimum Gasteiger partial charge on any atom is -0.508 e. The van der Waals surface area contributed by atoms with Gasteiger partial charge in [0.2, 0.25) is 0 Å². The molecule has 2 aromatic carbocycles. The Balaban J connectivity index is 0.00000150. The van der Waals surface area contributed by atoms with Crippen molar-refractivity contribution in [3.63, 3.8) is 0 Å². The fraction of sp³-hybridized carbons (Fsp3) is 0.581. The Morgan fingerprint density at radius 3 is 1.56 bits per heavy atom. The van der Waals surface area contributed by atoms with Gasteiger partial charge in [-0.05, 0) is 44.0 Å². The highest BCUT2D eigenvalue weighted by atomic mass is 32.2. The van der Waals surface area contributed by atoms with Gasteiger partial charge in [-0.3, -0.25) is 4.79 Å². The first-order valence-corrected chi connectivity index (χ1v) is 16.0. The molecule has 0 saturated heterocycles. The third-order valence-electron chi connectivity index (χ3n) is 6.99. The second-order valence-corrected chi connectivity index (χ2v) is 21.2. The zero-order chi connectivity index (χ0) is 28.3. The molecule has 0 aliphatic rings. The van der Waals surface area contributed by atoms with Crippen molar-refractivity contribution in [2.45, 2.75) is 116 Å². The van der Waals surface area contributed by atoms with E-state index in [1.54, 1.807) is 5.19 Å². The average molecular weight is 531 g/mol. The van der Waals surface area contributed by atoms with Crippen molar-refractivity contribution in [2.75, 3.05) is 5.38 Å². The van der Waals surface area contributed by atoms with E-state index >= 15 is 0 Å². The molecule has 0 spiro atoms. The minimum absolute atomic E-state index is 0.0311. The molecule has 2 aromatic rings. The molecule has 5 heteroatoms. The third kappa shape index (κ3) is 7.64. The summed E-state index contributed by atoms with van der Waals surface area (Å²) in [7, 11) is -2.02. The Hall–Kier alpha value is -1.72. The topological polar surface area (TPSA) is 57.5 Å². The highest BCUT2D eigenvalue weighted by Crippen LogP contribution is 2.53. The quantitative estimate of drug-likeness (QED) is 0.307. The van der Waals surface area contributed by atoms with Crippen molar-refractivity contribution in [1.29, 1.82) is 0 Å². The van der Waals surface area contributed by atoms with E-state index in [2.05, 4.69) is 119 Å². The zero-order valence-electron chi connectivity index (χ0n) is 25.0. The van der Waals surface area contributed by atoms with Crippen molar-refractivity contribution >= 4 is 31.0 Å². The number of hydrogen-bond acceptors (Lipinski definition) is 3. The molecule has 0 saturated carbocycles. The van der Waals surface area contributed by atoms with Gasteiger partial charge in [0.15, 0.2) is 0 Å². The standard InChI is InChI=1S/C29H46OSSi.C2H4O2/c1-26(2,3)22-19-25(23(18-24(22)30)27(4,5)6)31-20-32(28(7,8)9,29(10,11)12)21-16-14-13-15-17-21;1-2(3)4/h13-19,30H,20H2,1-12H3;1H3,(H,3,4). The highest BCUT2D eigenvalue weighted by Gasteiger charge is 2.53. The van der Waals surface area contributed by atoms with Crippen LogP contribution in [-0.2, 0) is 15.6 Å². The van der Waals surface area contributed by atoms with Crippen molar-refractivity contribution in [2.24, 2.45) is 0 Å². The van der Waals surface area contributed by atoms with E-state index in [1.165, 1.54) is 10.5 Å². The minimum atomic E-state index is -2.02. The number of rotatable bonds is 4. The van der Waals surface area contributed by atoms with E-state index < -0.39 is 14.0 Å². The lowest BCUT2D eigenvalue weighted by Gasteiger charge is -2.52. The Bertz CT molecular complexity index is 999. The molecule has 2 rings (SSSR count). The van der Waals surface area contributed by atoms with Gasteiger partial charge < -0.3 is 10.2 Å². The van der Waals surface area contributed by atoms with Crippen LogP contribution in [0.2, 0.25) is 10.1 Å². The number of aliphatic carboxylic acids is 1. The Morgan fingerprint density at radius 1 is 0.778 bits per heavy atom. The molecule has 0 atom stereocenters. The number of phenols is 1. The number of carboxylic acid groups (broad SMARTS) is 1. The first kappa shape index (κ1) is 32.3. The molecule has 0 heterocycles. The molecule has 202 valence electrons. The maximum Gasteiger partial charge on any atom is 0.300 e. The smallest absolute Gasteiger partial charge is 0.300 e. The first-order chi connectivity index (χ1) is 16.1. The Kier molecular flexibility index (Phi) is 10.2. The van der Waals surface area contributed by atoms with E-state index in [9.17, 15) is 5.11 Å². The van der Waals surface area contributed by atoms with Crippen molar-refractivity contribution < 1.29 is 15.0 Å². The van der Waals surface area contributed by atoms with Gasteiger partial charge in [-0.1, -0.05) is 119 Å². The second kappa shape index (κ2) is 11.3. The van der Waals surface area contributed by atoms with Crippen molar-refractivity contribution in [3.05, 3.63) is 53.6 Å². The number of carboxylic acids is 1. The monoisotopic (exact) mass is 530 g/mol. The maximum absolute atomic E-state index is 10.9. The summed E-state index contributed by atoms with van der Waals surface area (Å²) in [6.45, 7) is 29.0. The molecule has 0 aromatic heterocycles. The van der Waals surface area contributed by atoms with E-state index in [1.807, 2.05) is 17.8 Å². The van der Waals surface area contributed by atoms with Crippen LogP contribution >= 0.6 is 11.8 Å². The molecule has 0 fully saturated rings. The fourth-order valence-electron chi connectivity index (χ4n) is 5.29. The summed E-state index contributed by atoms with van der Waals surface area (Å²) in [6, 6.07) is 15.6. The van der Waals surface area contributed by atoms with Gasteiger partial charge in [0.25, 0.3) is 5.97 Å². The summed E-state index contributed by atoms with van der Waals surface area (Å²) in [5.41, 5.74) is 2.15. The van der Waals surface area contributed by atoms with Crippen LogP contribution in [0.15, 0.2) is 47.4 Å². The summed E-state index contributed by atoms with van der Waals surface area (Å²) in [4.78, 5) is 10.3. The normalized spacial score (nSPS) is 13.1. The van der Waals surface area contributed by atoms with E-state index in [0.717, 1.165) is 17.9 Å². The van der Waals surface area contributed by atoms with Crippen LogP contribution in [0.4, 0.5) is 0 Å². The van der Waals surface area contributed by atoms with Gasteiger partial charge in [0, 0.05) is 17.4 Å². The lowest BCUT2D eigenvalue weighted by molar-refractivity contribution is -0.134. The first-order valence-electron chi connectivity index (χ1n) is 12.8. The maximum atomic E-state index is 10.9. The SMILES string of the molecule is CC(=O)O.CC(C)(C)c1cc(SC[Si](c2ccccc2)(C(C)(C)C)C(C)(C)C)c(C(C)(C)C)cc1O. The lowest BCUT2D eigenvalue weighted by atomic mass is 9.81. The number of carbonyl (C=O) groups is 1. The number of thioether (sulfide) groups is 1. The van der Waals surface area contributed by atoms with Crippen LogP contribution in [0.1, 0.15) is 101 Å². The van der Waals surface area contributed by atoms with Crippen molar-refractivity contribution in [3.8, 4) is 5.75 Å². The molecule has 3 nitrogen and oxygen atoms in total. The Labute approximate surface area is 226 Å². The van der Waals surface area contributed by atoms with Crippen LogP contribution < -0.4 is 5.19 Å². The molecule has 0 aliphatic heterocycles. The Morgan fingerprint density at radius 2 is 1.19 bits per heavy atom. The highest BCUT2D eigenvalue weighted by molar-refractivity contribution is 8.01. The number of aromatic hydroxyl groups is 1. The molecular formula is C31H50O3SSi. The number of hydrogen-bond donors (Lipinski definition) is 2.